The lowest BCUT2D eigenvalue weighted by atomic mass is 9.85. The Bertz CT molecular complexity index is 599. The minimum absolute atomic E-state index is 0.0402. The number of allylic oxidation sites excluding steroid dienone is 3. The van der Waals surface area contributed by atoms with E-state index in [0.29, 0.717) is 12.3 Å². The summed E-state index contributed by atoms with van der Waals surface area (Å²) in [6.45, 7) is 8.12. The van der Waals surface area contributed by atoms with Gasteiger partial charge in [-0.2, -0.15) is 5.10 Å². The topological polar surface area (TPSA) is 41.5 Å². The van der Waals surface area contributed by atoms with Crippen LogP contribution < -0.4 is 5.43 Å². The van der Waals surface area contributed by atoms with E-state index in [1.165, 1.54) is 11.1 Å². The molecule has 0 saturated carbocycles. The molecule has 0 fully saturated rings. The van der Waals surface area contributed by atoms with Gasteiger partial charge >= 0.3 is 0 Å². The van der Waals surface area contributed by atoms with Gasteiger partial charge in [-0.1, -0.05) is 48.6 Å². The smallest absolute Gasteiger partial charge is 0.240 e. The quantitative estimate of drug-likeness (QED) is 0.647. The molecule has 1 amide bonds. The zero-order valence-electron chi connectivity index (χ0n) is 13.4. The Morgan fingerprint density at radius 2 is 2.09 bits per heavy atom. The van der Waals surface area contributed by atoms with Crippen LogP contribution in [0.15, 0.2) is 59.2 Å². The first-order valence-corrected chi connectivity index (χ1v) is 7.78. The summed E-state index contributed by atoms with van der Waals surface area (Å²) in [5.41, 5.74) is 7.15. The minimum atomic E-state index is -0.0402. The molecule has 1 aliphatic rings. The van der Waals surface area contributed by atoms with Gasteiger partial charge in [-0.3, -0.25) is 4.79 Å². The van der Waals surface area contributed by atoms with E-state index in [9.17, 15) is 4.79 Å². The zero-order valence-corrected chi connectivity index (χ0v) is 13.4. The molecule has 1 aromatic carbocycles. The van der Waals surface area contributed by atoms with Crippen molar-refractivity contribution in [3.05, 3.63) is 59.7 Å². The van der Waals surface area contributed by atoms with Gasteiger partial charge in [0.25, 0.3) is 0 Å². The highest BCUT2D eigenvalue weighted by Gasteiger charge is 2.18. The molecular weight excluding hydrogens is 272 g/mol. The van der Waals surface area contributed by atoms with Crippen LogP contribution in [0.2, 0.25) is 0 Å². The third-order valence-corrected chi connectivity index (χ3v) is 4.10. The summed E-state index contributed by atoms with van der Waals surface area (Å²) >= 11 is 0. The standard InChI is InChI=1S/C19H24N2O/c1-14(2)17-11-9-15(3)18(13-17)20-21-19(22)12-10-16-7-5-4-6-8-16/h4-9,17H,1,10-13H2,2-3H3,(H,21,22)/b20-18-/t17-/m0/s1. The third-order valence-electron chi connectivity index (χ3n) is 4.10. The molecule has 3 nitrogen and oxygen atoms in total. The summed E-state index contributed by atoms with van der Waals surface area (Å²) in [6, 6.07) is 10.0. The molecular formula is C19H24N2O. The average molecular weight is 296 g/mol. The first kappa shape index (κ1) is 16.2. The summed E-state index contributed by atoms with van der Waals surface area (Å²) in [4.78, 5) is 11.9. The molecule has 22 heavy (non-hydrogen) atoms. The van der Waals surface area contributed by atoms with Crippen LogP contribution in [0.25, 0.3) is 0 Å². The molecule has 0 aliphatic heterocycles. The third kappa shape index (κ3) is 4.69. The summed E-state index contributed by atoms with van der Waals surface area (Å²) < 4.78 is 0. The molecule has 0 spiro atoms. The van der Waals surface area contributed by atoms with Crippen molar-refractivity contribution in [1.82, 2.24) is 5.43 Å². The van der Waals surface area contributed by atoms with Crippen LogP contribution in [-0.2, 0) is 11.2 Å². The highest BCUT2D eigenvalue weighted by molar-refractivity contribution is 6.01. The van der Waals surface area contributed by atoms with Crippen molar-refractivity contribution in [2.45, 2.75) is 39.5 Å². The van der Waals surface area contributed by atoms with Crippen molar-refractivity contribution in [2.75, 3.05) is 0 Å². The zero-order chi connectivity index (χ0) is 15.9. The van der Waals surface area contributed by atoms with Gasteiger partial charge in [0.1, 0.15) is 0 Å². The monoisotopic (exact) mass is 296 g/mol. The van der Waals surface area contributed by atoms with Gasteiger partial charge in [-0.05, 0) is 50.2 Å². The first-order chi connectivity index (χ1) is 10.6. The maximum absolute atomic E-state index is 11.9. The molecule has 0 saturated heterocycles. The Morgan fingerprint density at radius 1 is 1.36 bits per heavy atom. The largest absolute Gasteiger partial charge is 0.273 e. The lowest BCUT2D eigenvalue weighted by Gasteiger charge is -2.22. The summed E-state index contributed by atoms with van der Waals surface area (Å²) in [5.74, 6) is 0.394. The number of carbonyl (C=O) groups excluding carboxylic acids is 1. The Labute approximate surface area is 132 Å². The number of aryl methyl sites for hydroxylation is 1. The predicted molar refractivity (Wildman–Crippen MR) is 91.6 cm³/mol. The van der Waals surface area contributed by atoms with Crippen LogP contribution in [0.1, 0.15) is 38.7 Å². The Morgan fingerprint density at radius 3 is 2.77 bits per heavy atom. The first-order valence-electron chi connectivity index (χ1n) is 7.78. The number of rotatable bonds is 5. The van der Waals surface area contributed by atoms with Crippen molar-refractivity contribution < 1.29 is 4.79 Å². The van der Waals surface area contributed by atoms with Gasteiger partial charge in [0, 0.05) is 6.42 Å². The Balaban J connectivity index is 1.87. The molecule has 1 N–H and O–H groups in total. The van der Waals surface area contributed by atoms with Crippen LogP contribution >= 0.6 is 0 Å². The van der Waals surface area contributed by atoms with E-state index < -0.39 is 0 Å². The van der Waals surface area contributed by atoms with E-state index in [1.807, 2.05) is 37.3 Å². The summed E-state index contributed by atoms with van der Waals surface area (Å²) in [6.07, 6.45) is 5.24. The Hall–Kier alpha value is -2.16. The van der Waals surface area contributed by atoms with Gasteiger partial charge in [0.15, 0.2) is 0 Å². The predicted octanol–water partition coefficient (Wildman–Crippen LogP) is 4.02. The van der Waals surface area contributed by atoms with Crippen molar-refractivity contribution in [3.63, 3.8) is 0 Å². The number of benzene rings is 1. The fraction of sp³-hybridized carbons (Fsp3) is 0.368. The van der Waals surface area contributed by atoms with E-state index in [1.54, 1.807) is 0 Å². The summed E-state index contributed by atoms with van der Waals surface area (Å²) in [7, 11) is 0. The van der Waals surface area contributed by atoms with E-state index in [2.05, 4.69) is 30.1 Å². The van der Waals surface area contributed by atoms with Gasteiger partial charge < -0.3 is 0 Å². The SMILES string of the molecule is C=C(C)[C@H]1CC=C(C)/C(=N\NC(=O)CCc2ccccc2)C1. The molecule has 1 atom stereocenters. The molecule has 3 heteroatoms. The van der Waals surface area contributed by atoms with Gasteiger partial charge in [-0.15, -0.1) is 0 Å². The van der Waals surface area contributed by atoms with Crippen LogP contribution in [0, 0.1) is 5.92 Å². The molecule has 0 aromatic heterocycles. The van der Waals surface area contributed by atoms with Crippen molar-refractivity contribution in [1.29, 1.82) is 0 Å². The molecule has 2 rings (SSSR count). The van der Waals surface area contributed by atoms with E-state index in [0.717, 1.165) is 30.5 Å². The Kier molecular flexibility index (Phi) is 5.70. The number of carbonyl (C=O) groups is 1. The number of nitrogens with one attached hydrogen (secondary N) is 1. The van der Waals surface area contributed by atoms with Crippen LogP contribution in [-0.4, -0.2) is 11.6 Å². The molecule has 0 unspecified atom stereocenters. The van der Waals surface area contributed by atoms with Crippen LogP contribution in [0.3, 0.4) is 0 Å². The fourth-order valence-corrected chi connectivity index (χ4v) is 2.51. The minimum Gasteiger partial charge on any atom is -0.273 e. The lowest BCUT2D eigenvalue weighted by molar-refractivity contribution is -0.121. The highest BCUT2D eigenvalue weighted by Crippen LogP contribution is 2.26. The molecule has 1 aromatic rings. The second kappa shape index (κ2) is 7.74. The van der Waals surface area contributed by atoms with Crippen LogP contribution in [0.4, 0.5) is 0 Å². The molecule has 0 bridgehead atoms. The molecule has 0 heterocycles. The van der Waals surface area contributed by atoms with Crippen molar-refractivity contribution >= 4 is 11.6 Å². The van der Waals surface area contributed by atoms with Crippen LogP contribution in [0.5, 0.6) is 0 Å². The van der Waals surface area contributed by atoms with Gasteiger partial charge in [0.2, 0.25) is 5.91 Å². The number of hydrogen-bond acceptors (Lipinski definition) is 2. The van der Waals surface area contributed by atoms with E-state index >= 15 is 0 Å². The maximum atomic E-state index is 11.9. The van der Waals surface area contributed by atoms with Crippen molar-refractivity contribution in [2.24, 2.45) is 11.0 Å². The number of nitrogens with zero attached hydrogens (tertiary/aromatic N) is 1. The van der Waals surface area contributed by atoms with E-state index in [-0.39, 0.29) is 5.91 Å². The second-order valence-electron chi connectivity index (χ2n) is 5.95. The second-order valence-corrected chi connectivity index (χ2v) is 5.95. The van der Waals surface area contributed by atoms with E-state index in [4.69, 9.17) is 0 Å². The number of hydrogen-bond donors (Lipinski definition) is 1. The molecule has 116 valence electrons. The normalized spacial score (nSPS) is 19.6. The fourth-order valence-electron chi connectivity index (χ4n) is 2.51. The molecule has 0 radical (unpaired) electrons. The van der Waals surface area contributed by atoms with Crippen molar-refractivity contribution in [3.8, 4) is 0 Å². The molecule has 1 aliphatic carbocycles. The summed E-state index contributed by atoms with van der Waals surface area (Å²) in [5, 5.41) is 4.32. The number of hydrazone groups is 1. The van der Waals surface area contributed by atoms with Gasteiger partial charge in [0.05, 0.1) is 5.71 Å². The van der Waals surface area contributed by atoms with Gasteiger partial charge in [-0.25, -0.2) is 5.43 Å². The average Bonchev–Trinajstić information content (AvgIpc) is 2.53. The maximum Gasteiger partial charge on any atom is 0.240 e. The highest BCUT2D eigenvalue weighted by atomic mass is 16.2. The number of amides is 1. The lowest BCUT2D eigenvalue weighted by Crippen LogP contribution is -2.23.